The third-order valence-electron chi connectivity index (χ3n) is 6.05. The molecule has 1 aromatic carbocycles. The molecule has 0 bridgehead atoms. The van der Waals surface area contributed by atoms with Gasteiger partial charge in [-0.3, -0.25) is 4.79 Å². The fourth-order valence-electron chi connectivity index (χ4n) is 4.20. The van der Waals surface area contributed by atoms with E-state index in [1.54, 1.807) is 19.2 Å². The first kappa shape index (κ1) is 18.2. The topological polar surface area (TPSA) is 32.8 Å². The predicted octanol–water partition coefficient (Wildman–Crippen LogP) is 3.46. The zero-order valence-electron chi connectivity index (χ0n) is 15.3. The Bertz CT molecular complexity index is 595. The third kappa shape index (κ3) is 3.81. The average Bonchev–Trinajstić information content (AvgIpc) is 2.60. The fourth-order valence-corrected chi connectivity index (χ4v) is 4.20. The second-order valence-corrected chi connectivity index (χ2v) is 7.49. The van der Waals surface area contributed by atoms with Crippen molar-refractivity contribution in [3.8, 4) is 0 Å². The van der Waals surface area contributed by atoms with Crippen molar-refractivity contribution < 1.29 is 13.9 Å². The van der Waals surface area contributed by atoms with Crippen LogP contribution in [0.15, 0.2) is 24.3 Å². The number of methoxy groups -OCH3 is 1. The van der Waals surface area contributed by atoms with Crippen molar-refractivity contribution >= 4 is 11.6 Å². The lowest BCUT2D eigenvalue weighted by molar-refractivity contribution is -0.150. The summed E-state index contributed by atoms with van der Waals surface area (Å²) in [6, 6.07) is 7.04. The number of amides is 1. The number of anilines is 1. The number of halogens is 1. The van der Waals surface area contributed by atoms with Crippen molar-refractivity contribution in [2.24, 2.45) is 5.41 Å². The highest BCUT2D eigenvalue weighted by molar-refractivity contribution is 5.83. The Morgan fingerprint density at radius 3 is 2.64 bits per heavy atom. The maximum Gasteiger partial charge on any atom is 0.228 e. The molecule has 1 amide bonds. The van der Waals surface area contributed by atoms with Crippen molar-refractivity contribution in [3.63, 3.8) is 0 Å². The van der Waals surface area contributed by atoms with Crippen LogP contribution in [-0.4, -0.2) is 50.7 Å². The molecular formula is C20H29FN2O2. The molecule has 1 aliphatic heterocycles. The predicted molar refractivity (Wildman–Crippen MR) is 97.2 cm³/mol. The van der Waals surface area contributed by atoms with Gasteiger partial charge in [-0.1, -0.05) is 12.5 Å². The molecule has 1 aliphatic carbocycles. The highest BCUT2D eigenvalue weighted by Gasteiger charge is 2.46. The van der Waals surface area contributed by atoms with Crippen molar-refractivity contribution in [1.29, 1.82) is 0 Å². The van der Waals surface area contributed by atoms with Crippen molar-refractivity contribution in [2.45, 2.75) is 44.6 Å². The largest absolute Gasteiger partial charge is 0.385 e. The van der Waals surface area contributed by atoms with E-state index in [1.165, 1.54) is 6.07 Å². The van der Waals surface area contributed by atoms with Crippen LogP contribution < -0.4 is 4.90 Å². The lowest BCUT2D eigenvalue weighted by Crippen LogP contribution is -2.53. The number of nitrogens with zero attached hydrogens (tertiary/aromatic N) is 2. The van der Waals surface area contributed by atoms with E-state index in [-0.39, 0.29) is 17.3 Å². The van der Waals surface area contributed by atoms with Gasteiger partial charge < -0.3 is 14.5 Å². The van der Waals surface area contributed by atoms with E-state index in [9.17, 15) is 9.18 Å². The highest BCUT2D eigenvalue weighted by atomic mass is 19.1. The van der Waals surface area contributed by atoms with E-state index < -0.39 is 0 Å². The summed E-state index contributed by atoms with van der Waals surface area (Å²) in [4.78, 5) is 17.2. The van der Waals surface area contributed by atoms with Crippen LogP contribution in [0.1, 0.15) is 38.5 Å². The molecule has 0 unspecified atom stereocenters. The molecule has 4 nitrogen and oxygen atoms in total. The number of hydrogen-bond acceptors (Lipinski definition) is 3. The minimum Gasteiger partial charge on any atom is -0.385 e. The van der Waals surface area contributed by atoms with Gasteiger partial charge in [-0.25, -0.2) is 4.39 Å². The van der Waals surface area contributed by atoms with Gasteiger partial charge in [0.25, 0.3) is 0 Å². The SMILES string of the molecule is COCCC1(C(=O)N(C)C2CCN(c3cccc(F)c3)CC2)CCC1. The van der Waals surface area contributed by atoms with E-state index in [0.717, 1.165) is 57.3 Å². The number of benzene rings is 1. The maximum atomic E-state index is 13.4. The Morgan fingerprint density at radius 1 is 1.36 bits per heavy atom. The van der Waals surface area contributed by atoms with Crippen LogP contribution in [0.2, 0.25) is 0 Å². The van der Waals surface area contributed by atoms with E-state index >= 15 is 0 Å². The van der Waals surface area contributed by atoms with Gasteiger partial charge in [0.2, 0.25) is 5.91 Å². The van der Waals surface area contributed by atoms with Gasteiger partial charge in [-0.2, -0.15) is 0 Å². The van der Waals surface area contributed by atoms with Crippen LogP contribution in [0.4, 0.5) is 10.1 Å². The quantitative estimate of drug-likeness (QED) is 0.789. The van der Waals surface area contributed by atoms with Crippen LogP contribution in [-0.2, 0) is 9.53 Å². The van der Waals surface area contributed by atoms with Crippen LogP contribution in [0.5, 0.6) is 0 Å². The molecule has 0 spiro atoms. The standard InChI is InChI=1S/C20H29FN2O2/c1-22(19(24)20(9-4-10-20)11-14-25-2)17-7-12-23(13-8-17)18-6-3-5-16(21)15-18/h3,5-6,15,17H,4,7-14H2,1-2H3. The molecule has 1 saturated heterocycles. The van der Waals surface area contributed by atoms with Crippen molar-refractivity contribution in [1.82, 2.24) is 4.90 Å². The summed E-state index contributed by atoms with van der Waals surface area (Å²) in [7, 11) is 3.65. The number of piperidine rings is 1. The molecule has 0 N–H and O–H groups in total. The smallest absolute Gasteiger partial charge is 0.228 e. The molecule has 1 saturated carbocycles. The lowest BCUT2D eigenvalue weighted by Gasteiger charge is -2.46. The van der Waals surface area contributed by atoms with Crippen molar-refractivity contribution in [2.75, 3.05) is 38.8 Å². The summed E-state index contributed by atoms with van der Waals surface area (Å²) in [5.74, 6) is 0.0944. The van der Waals surface area contributed by atoms with Crippen molar-refractivity contribution in [3.05, 3.63) is 30.1 Å². The molecule has 3 rings (SSSR count). The van der Waals surface area contributed by atoms with E-state index in [1.807, 2.05) is 18.0 Å². The highest BCUT2D eigenvalue weighted by Crippen LogP contribution is 2.46. The normalized spacial score (nSPS) is 20.2. The minimum absolute atomic E-state index is 0.190. The minimum atomic E-state index is -0.197. The molecule has 2 fully saturated rings. The molecular weight excluding hydrogens is 319 g/mol. The van der Waals surface area contributed by atoms with E-state index in [2.05, 4.69) is 4.90 Å². The van der Waals surface area contributed by atoms with Gasteiger partial charge in [-0.05, 0) is 50.3 Å². The Labute approximate surface area is 149 Å². The molecule has 25 heavy (non-hydrogen) atoms. The molecule has 1 heterocycles. The van der Waals surface area contributed by atoms with E-state index in [0.29, 0.717) is 12.5 Å². The number of hydrogen-bond donors (Lipinski definition) is 0. The van der Waals surface area contributed by atoms with Crippen LogP contribution in [0.3, 0.4) is 0 Å². The first-order valence-electron chi connectivity index (χ1n) is 9.32. The van der Waals surface area contributed by atoms with Gasteiger partial charge >= 0.3 is 0 Å². The zero-order valence-corrected chi connectivity index (χ0v) is 15.3. The first-order chi connectivity index (χ1) is 12.1. The molecule has 0 aromatic heterocycles. The van der Waals surface area contributed by atoms with Gasteiger partial charge in [0.05, 0.1) is 5.41 Å². The third-order valence-corrected chi connectivity index (χ3v) is 6.05. The first-order valence-corrected chi connectivity index (χ1v) is 9.32. The summed E-state index contributed by atoms with van der Waals surface area (Å²) in [5, 5.41) is 0. The molecule has 0 radical (unpaired) electrons. The Balaban J connectivity index is 1.57. The summed E-state index contributed by atoms with van der Waals surface area (Å²) >= 11 is 0. The van der Waals surface area contributed by atoms with Crippen LogP contribution in [0.25, 0.3) is 0 Å². The fraction of sp³-hybridized carbons (Fsp3) is 0.650. The molecule has 1 aromatic rings. The summed E-state index contributed by atoms with van der Waals surface area (Å²) in [5.41, 5.74) is 0.743. The Kier molecular flexibility index (Phi) is 5.62. The number of carbonyl (C=O) groups excluding carboxylic acids is 1. The Morgan fingerprint density at radius 2 is 2.08 bits per heavy atom. The van der Waals surface area contributed by atoms with Gasteiger partial charge in [0, 0.05) is 45.6 Å². The number of carbonyl (C=O) groups is 1. The van der Waals surface area contributed by atoms with Crippen LogP contribution in [0, 0.1) is 11.2 Å². The van der Waals surface area contributed by atoms with Gasteiger partial charge in [-0.15, -0.1) is 0 Å². The van der Waals surface area contributed by atoms with Gasteiger partial charge in [0.15, 0.2) is 0 Å². The second-order valence-electron chi connectivity index (χ2n) is 7.49. The number of ether oxygens (including phenoxy) is 1. The molecule has 5 heteroatoms. The van der Waals surface area contributed by atoms with Gasteiger partial charge in [0.1, 0.15) is 5.82 Å². The monoisotopic (exact) mass is 348 g/mol. The number of rotatable bonds is 6. The lowest BCUT2D eigenvalue weighted by atomic mass is 9.65. The summed E-state index contributed by atoms with van der Waals surface area (Å²) < 4.78 is 18.6. The summed E-state index contributed by atoms with van der Waals surface area (Å²) in [6.07, 6.45) is 5.80. The molecule has 0 atom stereocenters. The summed E-state index contributed by atoms with van der Waals surface area (Å²) in [6.45, 7) is 2.37. The molecule has 2 aliphatic rings. The van der Waals surface area contributed by atoms with E-state index in [4.69, 9.17) is 4.74 Å². The maximum absolute atomic E-state index is 13.4. The second kappa shape index (κ2) is 7.73. The Hall–Kier alpha value is -1.62. The average molecular weight is 348 g/mol. The molecule has 138 valence electrons. The van der Waals surface area contributed by atoms with Crippen LogP contribution >= 0.6 is 0 Å². The zero-order chi connectivity index (χ0) is 17.9.